The number of benzene rings is 1. The first-order valence-corrected chi connectivity index (χ1v) is 7.35. The van der Waals surface area contributed by atoms with Crippen molar-refractivity contribution >= 4 is 9.84 Å². The summed E-state index contributed by atoms with van der Waals surface area (Å²) in [6, 6.07) is 10.5. The Morgan fingerprint density at radius 2 is 1.67 bits per heavy atom. The quantitative estimate of drug-likeness (QED) is 0.912. The van der Waals surface area contributed by atoms with Crippen LogP contribution >= 0.6 is 0 Å². The van der Waals surface area contributed by atoms with Crippen LogP contribution in [0.4, 0.5) is 0 Å². The molecular formula is C13H14N2O2S. The molecule has 94 valence electrons. The fraction of sp³-hybridized carbons (Fsp3) is 0.154. The smallest absolute Gasteiger partial charge is 0.175 e. The number of hydrogen-bond donors (Lipinski definition) is 1. The lowest BCUT2D eigenvalue weighted by atomic mass is 10.1. The van der Waals surface area contributed by atoms with Crippen molar-refractivity contribution in [1.29, 1.82) is 0 Å². The molecule has 0 radical (unpaired) electrons. The third-order valence-corrected chi connectivity index (χ3v) is 3.78. The van der Waals surface area contributed by atoms with Crippen LogP contribution in [-0.2, 0) is 16.4 Å². The zero-order valence-electron chi connectivity index (χ0n) is 10.00. The van der Waals surface area contributed by atoms with Crippen molar-refractivity contribution in [3.8, 4) is 11.1 Å². The summed E-state index contributed by atoms with van der Waals surface area (Å²) in [5.74, 6) is 0. The highest BCUT2D eigenvalue weighted by Gasteiger charge is 2.06. The second kappa shape index (κ2) is 4.88. The molecule has 0 saturated carbocycles. The van der Waals surface area contributed by atoms with Crippen molar-refractivity contribution in [1.82, 2.24) is 4.98 Å². The Morgan fingerprint density at radius 3 is 2.11 bits per heavy atom. The summed E-state index contributed by atoms with van der Waals surface area (Å²) >= 11 is 0. The Balaban J connectivity index is 2.34. The van der Waals surface area contributed by atoms with Gasteiger partial charge in [0.15, 0.2) is 9.84 Å². The van der Waals surface area contributed by atoms with E-state index in [0.717, 1.165) is 16.8 Å². The number of nitrogens with two attached hydrogens (primary N) is 1. The minimum absolute atomic E-state index is 0.317. The van der Waals surface area contributed by atoms with E-state index in [0.29, 0.717) is 11.4 Å². The van der Waals surface area contributed by atoms with Gasteiger partial charge in [-0.15, -0.1) is 0 Å². The molecule has 0 atom stereocenters. The molecule has 1 heterocycles. The van der Waals surface area contributed by atoms with Crippen LogP contribution in [0.3, 0.4) is 0 Å². The van der Waals surface area contributed by atoms with E-state index < -0.39 is 9.84 Å². The zero-order valence-corrected chi connectivity index (χ0v) is 10.8. The van der Waals surface area contributed by atoms with Gasteiger partial charge in [0.2, 0.25) is 0 Å². The van der Waals surface area contributed by atoms with Crippen LogP contribution in [0.1, 0.15) is 5.69 Å². The van der Waals surface area contributed by atoms with Gasteiger partial charge in [-0.3, -0.25) is 4.98 Å². The maximum absolute atomic E-state index is 11.3. The zero-order chi connectivity index (χ0) is 13.2. The topological polar surface area (TPSA) is 73.0 Å². The first kappa shape index (κ1) is 12.7. The molecule has 0 spiro atoms. The molecule has 4 nitrogen and oxygen atoms in total. The van der Waals surface area contributed by atoms with Crippen molar-refractivity contribution in [2.24, 2.45) is 5.73 Å². The Kier molecular flexibility index (Phi) is 3.45. The van der Waals surface area contributed by atoms with Crippen molar-refractivity contribution < 1.29 is 8.42 Å². The highest BCUT2D eigenvalue weighted by molar-refractivity contribution is 7.90. The third kappa shape index (κ3) is 2.75. The average molecular weight is 262 g/mol. The second-order valence-corrected chi connectivity index (χ2v) is 6.05. The fourth-order valence-corrected chi connectivity index (χ4v) is 2.24. The van der Waals surface area contributed by atoms with E-state index in [1.165, 1.54) is 6.26 Å². The summed E-state index contributed by atoms with van der Waals surface area (Å²) < 4.78 is 22.7. The molecule has 0 fully saturated rings. The molecule has 1 aromatic carbocycles. The maximum Gasteiger partial charge on any atom is 0.175 e. The molecule has 18 heavy (non-hydrogen) atoms. The van der Waals surface area contributed by atoms with Crippen molar-refractivity contribution in [2.75, 3.05) is 6.26 Å². The minimum Gasteiger partial charge on any atom is -0.325 e. The fourth-order valence-electron chi connectivity index (χ4n) is 1.61. The van der Waals surface area contributed by atoms with Crippen LogP contribution < -0.4 is 5.73 Å². The van der Waals surface area contributed by atoms with Gasteiger partial charge in [-0.05, 0) is 23.8 Å². The summed E-state index contributed by atoms with van der Waals surface area (Å²) in [7, 11) is -3.14. The molecule has 2 N–H and O–H groups in total. The second-order valence-electron chi connectivity index (χ2n) is 4.04. The third-order valence-electron chi connectivity index (χ3n) is 2.65. The van der Waals surface area contributed by atoms with E-state index in [2.05, 4.69) is 4.98 Å². The number of hydrogen-bond acceptors (Lipinski definition) is 4. The Morgan fingerprint density at radius 1 is 1.06 bits per heavy atom. The van der Waals surface area contributed by atoms with Gasteiger partial charge in [-0.1, -0.05) is 18.2 Å². The number of rotatable bonds is 3. The van der Waals surface area contributed by atoms with Crippen LogP contribution in [0.2, 0.25) is 0 Å². The van der Waals surface area contributed by atoms with Gasteiger partial charge >= 0.3 is 0 Å². The molecule has 2 rings (SSSR count). The molecule has 1 aromatic heterocycles. The predicted octanol–water partition coefficient (Wildman–Crippen LogP) is 1.61. The summed E-state index contributed by atoms with van der Waals surface area (Å²) in [5.41, 5.74) is 8.17. The first-order valence-electron chi connectivity index (χ1n) is 5.46. The highest BCUT2D eigenvalue weighted by Crippen LogP contribution is 2.20. The summed E-state index contributed by atoms with van der Waals surface area (Å²) in [5, 5.41) is 0. The van der Waals surface area contributed by atoms with Gasteiger partial charge in [-0.25, -0.2) is 8.42 Å². The highest BCUT2D eigenvalue weighted by atomic mass is 32.2. The molecule has 0 bridgehead atoms. The van der Waals surface area contributed by atoms with Crippen molar-refractivity contribution in [3.63, 3.8) is 0 Å². The monoisotopic (exact) mass is 262 g/mol. The average Bonchev–Trinajstić information content (AvgIpc) is 2.38. The van der Waals surface area contributed by atoms with Gasteiger partial charge in [0.25, 0.3) is 0 Å². The summed E-state index contributed by atoms with van der Waals surface area (Å²) in [4.78, 5) is 4.52. The van der Waals surface area contributed by atoms with Crippen LogP contribution in [0, 0.1) is 0 Å². The van der Waals surface area contributed by atoms with Crippen LogP contribution in [0.5, 0.6) is 0 Å². The Bertz CT molecular complexity index is 632. The molecule has 0 saturated heterocycles. The van der Waals surface area contributed by atoms with E-state index >= 15 is 0 Å². The first-order chi connectivity index (χ1) is 8.50. The standard InChI is InChI=1S/C13H14N2O2S/c1-18(16,17)13-6-3-10(4-7-13)11-2-5-12(8-14)15-9-11/h2-7,9H,8,14H2,1H3. The number of sulfone groups is 1. The lowest BCUT2D eigenvalue weighted by Crippen LogP contribution is -1.99. The van der Waals surface area contributed by atoms with Gasteiger partial charge in [-0.2, -0.15) is 0 Å². The molecule has 0 aliphatic rings. The number of aromatic nitrogens is 1. The number of pyridine rings is 1. The van der Waals surface area contributed by atoms with Crippen molar-refractivity contribution in [2.45, 2.75) is 11.4 Å². The van der Waals surface area contributed by atoms with Crippen LogP contribution in [0.25, 0.3) is 11.1 Å². The molecule has 5 heteroatoms. The van der Waals surface area contributed by atoms with E-state index in [1.54, 1.807) is 30.5 Å². The molecule has 0 unspecified atom stereocenters. The van der Waals surface area contributed by atoms with Crippen LogP contribution in [0.15, 0.2) is 47.5 Å². The predicted molar refractivity (Wildman–Crippen MR) is 70.7 cm³/mol. The molecule has 2 aromatic rings. The SMILES string of the molecule is CS(=O)(=O)c1ccc(-c2ccc(CN)nc2)cc1. The number of nitrogens with zero attached hydrogens (tertiary/aromatic N) is 1. The maximum atomic E-state index is 11.3. The van der Waals surface area contributed by atoms with Gasteiger partial charge in [0.05, 0.1) is 10.6 Å². The normalized spacial score (nSPS) is 11.4. The van der Waals surface area contributed by atoms with E-state index in [1.807, 2.05) is 12.1 Å². The lowest BCUT2D eigenvalue weighted by Gasteiger charge is -2.04. The molecule has 0 aliphatic heterocycles. The van der Waals surface area contributed by atoms with Crippen molar-refractivity contribution in [3.05, 3.63) is 48.3 Å². The molecule has 0 aliphatic carbocycles. The minimum atomic E-state index is -3.14. The summed E-state index contributed by atoms with van der Waals surface area (Å²) in [6.07, 6.45) is 2.93. The molecule has 0 amide bonds. The summed E-state index contributed by atoms with van der Waals surface area (Å²) in [6.45, 7) is 0.410. The van der Waals surface area contributed by atoms with Gasteiger partial charge < -0.3 is 5.73 Å². The Labute approximate surface area is 106 Å². The van der Waals surface area contributed by atoms with Crippen LogP contribution in [-0.4, -0.2) is 19.7 Å². The Hall–Kier alpha value is -1.72. The lowest BCUT2D eigenvalue weighted by molar-refractivity contribution is 0.602. The van der Waals surface area contributed by atoms with Gasteiger partial charge in [0.1, 0.15) is 0 Å². The van der Waals surface area contributed by atoms with E-state index in [-0.39, 0.29) is 0 Å². The largest absolute Gasteiger partial charge is 0.325 e. The van der Waals surface area contributed by atoms with Gasteiger partial charge in [0, 0.05) is 24.6 Å². The van der Waals surface area contributed by atoms with E-state index in [4.69, 9.17) is 5.73 Å². The molecular weight excluding hydrogens is 248 g/mol. The van der Waals surface area contributed by atoms with E-state index in [9.17, 15) is 8.42 Å².